The van der Waals surface area contributed by atoms with Crippen molar-refractivity contribution in [1.82, 2.24) is 45.1 Å². The van der Waals surface area contributed by atoms with Gasteiger partial charge in [0.2, 0.25) is 23.6 Å². The molecule has 0 bridgehead atoms. The molecule has 2 fully saturated rings. The van der Waals surface area contributed by atoms with Gasteiger partial charge in [0.15, 0.2) is 5.65 Å². The standard InChI is InChI=1S/C46H51N11O8/c1-54(22-24-64-23-19-48-38(59)26-49-30-13-16-34-35(25-30)46(63)56(45(34)62)36-17-18-37(58)52-44(36)61)20-6-10-39(60)55-21-5-7-31(27-55)57-43-40(42(47)50-28-51-43)41(53-57)29-11-14-33(15-12-29)65-32-8-3-2-4-9-32/h2-4,8-9,11-16,25,28,31,36,49H,5-7,10,17-24,26-27H2,1H3,(H,48,59)(H2,47,50,51)(H,52,58,61)/t31-,36?/m1/s1. The van der Waals surface area contributed by atoms with Crippen molar-refractivity contribution in [2.75, 3.05) is 70.6 Å². The van der Waals surface area contributed by atoms with Crippen LogP contribution >= 0.6 is 0 Å². The zero-order valence-electron chi connectivity index (χ0n) is 36.0. The van der Waals surface area contributed by atoms with Gasteiger partial charge < -0.3 is 35.6 Å². The van der Waals surface area contributed by atoms with Crippen molar-refractivity contribution in [3.05, 3.63) is 90.3 Å². The summed E-state index contributed by atoms with van der Waals surface area (Å²) in [7, 11) is 1.98. The zero-order chi connectivity index (χ0) is 45.5. The summed E-state index contributed by atoms with van der Waals surface area (Å²) in [5.41, 5.74) is 9.30. The van der Waals surface area contributed by atoms with Gasteiger partial charge in [0.25, 0.3) is 11.8 Å². The van der Waals surface area contributed by atoms with Crippen molar-refractivity contribution in [1.29, 1.82) is 0 Å². The molecule has 5 N–H and O–H groups in total. The number of amides is 6. The van der Waals surface area contributed by atoms with Gasteiger partial charge in [-0.3, -0.25) is 39.0 Å². The van der Waals surface area contributed by atoms with Gasteiger partial charge in [0.05, 0.1) is 42.3 Å². The number of nitrogen functional groups attached to an aromatic ring is 1. The first kappa shape index (κ1) is 44.4. The molecule has 5 aromatic rings. The van der Waals surface area contributed by atoms with Gasteiger partial charge >= 0.3 is 0 Å². The number of likely N-dealkylation sites (N-methyl/N-ethyl adjacent to an activating group) is 1. The fourth-order valence-corrected chi connectivity index (χ4v) is 8.32. The number of likely N-dealkylation sites (tertiary alicyclic amines) is 1. The van der Waals surface area contributed by atoms with Gasteiger partial charge in [-0.15, -0.1) is 0 Å². The number of aromatic nitrogens is 4. The lowest BCUT2D eigenvalue weighted by atomic mass is 10.0. The Morgan fingerprint density at radius 1 is 0.923 bits per heavy atom. The van der Waals surface area contributed by atoms with E-state index in [9.17, 15) is 28.8 Å². The molecule has 5 heterocycles. The molecule has 1 unspecified atom stereocenters. The maximum Gasteiger partial charge on any atom is 0.262 e. The number of rotatable bonds is 18. The molecule has 19 nitrogen and oxygen atoms in total. The van der Waals surface area contributed by atoms with Crippen LogP contribution in [-0.2, 0) is 23.9 Å². The Kier molecular flexibility index (Phi) is 13.7. The molecule has 2 aromatic heterocycles. The molecule has 3 aromatic carbocycles. The number of carbonyl (C=O) groups excluding carboxylic acids is 6. The van der Waals surface area contributed by atoms with E-state index >= 15 is 0 Å². The molecule has 0 radical (unpaired) electrons. The van der Waals surface area contributed by atoms with Crippen LogP contribution in [0.25, 0.3) is 22.3 Å². The second kappa shape index (κ2) is 20.1. The number of anilines is 2. The third kappa shape index (κ3) is 10.3. The van der Waals surface area contributed by atoms with E-state index in [1.807, 2.05) is 71.2 Å². The lowest BCUT2D eigenvalue weighted by Gasteiger charge is -2.33. The molecule has 0 spiro atoms. The normalized spacial score (nSPS) is 17.4. The fourth-order valence-electron chi connectivity index (χ4n) is 8.32. The number of carbonyl (C=O) groups is 6. The van der Waals surface area contributed by atoms with E-state index < -0.39 is 29.7 Å². The molecule has 338 valence electrons. The van der Waals surface area contributed by atoms with Crippen LogP contribution in [0.3, 0.4) is 0 Å². The Morgan fingerprint density at radius 3 is 2.51 bits per heavy atom. The summed E-state index contributed by atoms with van der Waals surface area (Å²) < 4.78 is 13.6. The largest absolute Gasteiger partial charge is 0.457 e. The third-order valence-corrected chi connectivity index (χ3v) is 11.7. The summed E-state index contributed by atoms with van der Waals surface area (Å²) in [6.07, 6.45) is 4.33. The molecule has 8 rings (SSSR count). The Hall–Kier alpha value is -7.25. The van der Waals surface area contributed by atoms with Crippen LogP contribution in [0.4, 0.5) is 11.5 Å². The summed E-state index contributed by atoms with van der Waals surface area (Å²) >= 11 is 0. The van der Waals surface area contributed by atoms with Crippen LogP contribution in [-0.4, -0.2) is 135 Å². The van der Waals surface area contributed by atoms with Gasteiger partial charge in [0, 0.05) is 50.3 Å². The number of nitrogens with zero attached hydrogens (tertiary/aromatic N) is 7. The Morgan fingerprint density at radius 2 is 1.71 bits per heavy atom. The number of imide groups is 2. The maximum atomic E-state index is 13.4. The van der Waals surface area contributed by atoms with Crippen molar-refractivity contribution in [2.24, 2.45) is 0 Å². The predicted molar refractivity (Wildman–Crippen MR) is 239 cm³/mol. The molecule has 6 amide bonds. The van der Waals surface area contributed by atoms with Crippen molar-refractivity contribution in [2.45, 2.75) is 50.6 Å². The smallest absolute Gasteiger partial charge is 0.262 e. The summed E-state index contributed by atoms with van der Waals surface area (Å²) in [5, 5.41) is 13.6. The molecule has 2 atom stereocenters. The predicted octanol–water partition coefficient (Wildman–Crippen LogP) is 3.39. The first-order chi connectivity index (χ1) is 31.5. The van der Waals surface area contributed by atoms with E-state index in [4.69, 9.17) is 20.3 Å². The van der Waals surface area contributed by atoms with Crippen molar-refractivity contribution in [3.8, 4) is 22.8 Å². The molecular formula is C46H51N11O8. The minimum atomic E-state index is -1.05. The molecule has 2 saturated heterocycles. The third-order valence-electron chi connectivity index (χ3n) is 11.7. The Balaban J connectivity index is 0.727. The van der Waals surface area contributed by atoms with Gasteiger partial charge in [-0.1, -0.05) is 18.2 Å². The van der Waals surface area contributed by atoms with Crippen molar-refractivity contribution < 1.29 is 38.2 Å². The number of ether oxygens (including phenoxy) is 2. The SMILES string of the molecule is CN(CCCC(=O)N1CCC[C@@H](n2nc(-c3ccc(Oc4ccccc4)cc3)c3c(N)ncnc32)C1)CCOCCNC(=O)CNc1ccc2c(c1)C(=O)N(C1CCC(=O)NC1=O)C2=O. The van der Waals surface area contributed by atoms with Gasteiger partial charge in [-0.05, 0) is 93.9 Å². The fraction of sp³-hybridized carbons (Fsp3) is 0.370. The van der Waals surface area contributed by atoms with Gasteiger partial charge in [-0.2, -0.15) is 5.10 Å². The second-order valence-electron chi connectivity index (χ2n) is 16.3. The highest BCUT2D eigenvalue weighted by molar-refractivity contribution is 6.23. The Bertz CT molecular complexity index is 2590. The minimum Gasteiger partial charge on any atom is -0.457 e. The van der Waals surface area contributed by atoms with Crippen LogP contribution in [0.1, 0.15) is 65.3 Å². The van der Waals surface area contributed by atoms with Crippen LogP contribution in [0.5, 0.6) is 11.5 Å². The molecule has 3 aliphatic heterocycles. The highest BCUT2D eigenvalue weighted by Gasteiger charge is 2.44. The van der Waals surface area contributed by atoms with E-state index in [1.54, 1.807) is 6.07 Å². The average Bonchev–Trinajstić information content (AvgIpc) is 3.82. The molecule has 65 heavy (non-hydrogen) atoms. The number of hydrogen-bond acceptors (Lipinski definition) is 14. The number of nitrogens with one attached hydrogen (secondary N) is 3. The second-order valence-corrected chi connectivity index (χ2v) is 16.3. The van der Waals surface area contributed by atoms with E-state index in [2.05, 4.69) is 30.8 Å². The molecule has 19 heteroatoms. The Labute approximate surface area is 374 Å². The topological polar surface area (TPSA) is 236 Å². The number of nitrogens with two attached hydrogens (primary N) is 1. The minimum absolute atomic E-state index is 0.0348. The zero-order valence-corrected chi connectivity index (χ0v) is 36.0. The van der Waals surface area contributed by atoms with Crippen molar-refractivity contribution in [3.63, 3.8) is 0 Å². The van der Waals surface area contributed by atoms with E-state index in [0.29, 0.717) is 92.8 Å². The highest BCUT2D eigenvalue weighted by atomic mass is 16.5. The number of fused-ring (bicyclic) bond motifs is 2. The lowest BCUT2D eigenvalue weighted by molar-refractivity contribution is -0.136. The lowest BCUT2D eigenvalue weighted by Crippen LogP contribution is -2.54. The summed E-state index contributed by atoms with van der Waals surface area (Å²) in [6.45, 7) is 3.53. The van der Waals surface area contributed by atoms with Crippen molar-refractivity contribution >= 4 is 58.0 Å². The first-order valence-electron chi connectivity index (χ1n) is 21.8. The maximum absolute atomic E-state index is 13.4. The van der Waals surface area contributed by atoms with E-state index in [0.717, 1.165) is 29.1 Å². The molecule has 0 saturated carbocycles. The van der Waals surface area contributed by atoms with Crippen LogP contribution in [0, 0.1) is 0 Å². The van der Waals surface area contributed by atoms with Crippen LogP contribution in [0.2, 0.25) is 0 Å². The molecule has 3 aliphatic rings. The number of benzene rings is 3. The van der Waals surface area contributed by atoms with Gasteiger partial charge in [-0.25, -0.2) is 14.6 Å². The number of para-hydroxylation sites is 1. The summed E-state index contributed by atoms with van der Waals surface area (Å²) in [5.74, 6) is -0.748. The summed E-state index contributed by atoms with van der Waals surface area (Å²) in [6, 6.07) is 20.7. The number of hydrogen-bond donors (Lipinski definition) is 4. The molecular weight excluding hydrogens is 835 g/mol. The quantitative estimate of drug-likeness (QED) is 0.0730. The van der Waals surface area contributed by atoms with Crippen LogP contribution < -0.4 is 26.4 Å². The molecule has 0 aliphatic carbocycles. The monoisotopic (exact) mass is 885 g/mol. The first-order valence-corrected chi connectivity index (χ1v) is 21.8. The average molecular weight is 886 g/mol. The summed E-state index contributed by atoms with van der Waals surface area (Å²) in [4.78, 5) is 89.6. The van der Waals surface area contributed by atoms with E-state index in [1.165, 1.54) is 18.5 Å². The van der Waals surface area contributed by atoms with E-state index in [-0.39, 0.29) is 48.4 Å². The number of piperidine rings is 2. The van der Waals surface area contributed by atoms with Gasteiger partial charge in [0.1, 0.15) is 35.4 Å². The highest BCUT2D eigenvalue weighted by Crippen LogP contribution is 2.35. The van der Waals surface area contributed by atoms with Crippen LogP contribution in [0.15, 0.2) is 79.1 Å².